The predicted octanol–water partition coefficient (Wildman–Crippen LogP) is 0.407. The Kier molecular flexibility index (Phi) is 6.98. The Labute approximate surface area is 134 Å². The topological polar surface area (TPSA) is 102 Å². The number of nitrogens with one attached hydrogen (secondary N) is 2. The van der Waals surface area contributed by atoms with Crippen LogP contribution in [-0.4, -0.2) is 47.3 Å². The average Bonchev–Trinajstić information content (AvgIpc) is 2.88. The number of rotatable bonds is 7. The van der Waals surface area contributed by atoms with Gasteiger partial charge in [0, 0.05) is 31.8 Å². The van der Waals surface area contributed by atoms with Crippen LogP contribution < -0.4 is 10.6 Å². The molecule has 2 N–H and O–H groups in total. The third kappa shape index (κ3) is 5.93. The largest absolute Gasteiger partial charge is 0.466 e. The van der Waals surface area contributed by atoms with Crippen molar-refractivity contribution in [3.05, 3.63) is 29.6 Å². The van der Waals surface area contributed by atoms with Gasteiger partial charge in [-0.3, -0.25) is 14.3 Å². The second-order valence-electron chi connectivity index (χ2n) is 5.14. The zero-order chi connectivity index (χ0) is 17.4. The van der Waals surface area contributed by atoms with E-state index in [9.17, 15) is 14.4 Å². The molecule has 0 saturated carbocycles. The van der Waals surface area contributed by atoms with Crippen molar-refractivity contribution in [2.75, 3.05) is 13.7 Å². The van der Waals surface area contributed by atoms with Crippen molar-refractivity contribution >= 4 is 17.8 Å². The van der Waals surface area contributed by atoms with Gasteiger partial charge in [-0.05, 0) is 20.3 Å². The molecule has 1 aromatic heterocycles. The second-order valence-corrected chi connectivity index (χ2v) is 5.14. The molecule has 0 aromatic carbocycles. The van der Waals surface area contributed by atoms with E-state index in [2.05, 4.69) is 20.5 Å². The molecule has 0 spiro atoms. The molecule has 0 saturated heterocycles. The zero-order valence-corrected chi connectivity index (χ0v) is 13.8. The summed E-state index contributed by atoms with van der Waals surface area (Å²) in [5, 5.41) is 9.44. The van der Waals surface area contributed by atoms with E-state index in [0.29, 0.717) is 13.0 Å². The maximum absolute atomic E-state index is 12.1. The van der Waals surface area contributed by atoms with Crippen molar-refractivity contribution in [1.29, 1.82) is 0 Å². The highest BCUT2D eigenvalue weighted by Crippen LogP contribution is 2.04. The molecule has 1 aromatic rings. The summed E-state index contributed by atoms with van der Waals surface area (Å²) in [6.45, 7) is 4.04. The predicted molar refractivity (Wildman–Crippen MR) is 83.9 cm³/mol. The van der Waals surface area contributed by atoms with Crippen molar-refractivity contribution in [1.82, 2.24) is 20.4 Å². The van der Waals surface area contributed by atoms with Gasteiger partial charge in [-0.25, -0.2) is 4.79 Å². The summed E-state index contributed by atoms with van der Waals surface area (Å²) in [4.78, 5) is 34.8. The summed E-state index contributed by atoms with van der Waals surface area (Å²) >= 11 is 0. The standard InChI is InChI=1S/C15H22N4O4/c1-10(2)17-14(21)11-9-12(19(3)18-11)15(22)16-8-6-5-7-13(20)23-4/h5,7,9-10H,6,8H2,1-4H3,(H,16,22)(H,17,21)/b7-5+. The smallest absolute Gasteiger partial charge is 0.330 e. The Balaban J connectivity index is 2.57. The van der Waals surface area contributed by atoms with Gasteiger partial charge in [0.15, 0.2) is 5.69 Å². The van der Waals surface area contributed by atoms with Gasteiger partial charge >= 0.3 is 5.97 Å². The van der Waals surface area contributed by atoms with Crippen LogP contribution in [0.15, 0.2) is 18.2 Å². The van der Waals surface area contributed by atoms with Gasteiger partial charge in [-0.2, -0.15) is 5.10 Å². The van der Waals surface area contributed by atoms with E-state index in [1.165, 1.54) is 23.9 Å². The van der Waals surface area contributed by atoms with Crippen LogP contribution >= 0.6 is 0 Å². The van der Waals surface area contributed by atoms with E-state index in [-0.39, 0.29) is 29.2 Å². The first kappa shape index (κ1) is 18.4. The maximum Gasteiger partial charge on any atom is 0.330 e. The van der Waals surface area contributed by atoms with Crippen molar-refractivity contribution in [3.63, 3.8) is 0 Å². The highest BCUT2D eigenvalue weighted by molar-refractivity contribution is 5.97. The van der Waals surface area contributed by atoms with Gasteiger partial charge in [0.05, 0.1) is 7.11 Å². The Morgan fingerprint density at radius 3 is 2.65 bits per heavy atom. The highest BCUT2D eigenvalue weighted by Gasteiger charge is 2.17. The summed E-state index contributed by atoms with van der Waals surface area (Å²) in [7, 11) is 2.89. The quantitative estimate of drug-likeness (QED) is 0.430. The molecule has 2 amide bonds. The molecule has 0 atom stereocenters. The first-order valence-corrected chi connectivity index (χ1v) is 7.22. The van der Waals surface area contributed by atoms with Crippen molar-refractivity contribution in [3.8, 4) is 0 Å². The molecule has 8 nitrogen and oxygen atoms in total. The lowest BCUT2D eigenvalue weighted by Gasteiger charge is -2.04. The number of methoxy groups -OCH3 is 1. The number of hydrogen-bond donors (Lipinski definition) is 2. The Morgan fingerprint density at radius 1 is 1.35 bits per heavy atom. The van der Waals surface area contributed by atoms with Gasteiger partial charge in [0.2, 0.25) is 0 Å². The van der Waals surface area contributed by atoms with E-state index < -0.39 is 5.97 Å². The molecule has 0 aliphatic rings. The van der Waals surface area contributed by atoms with E-state index in [1.807, 2.05) is 13.8 Å². The number of amides is 2. The molecule has 0 radical (unpaired) electrons. The molecule has 0 aliphatic carbocycles. The van der Waals surface area contributed by atoms with Gasteiger partial charge in [0.1, 0.15) is 5.69 Å². The number of hydrogen-bond acceptors (Lipinski definition) is 5. The number of nitrogens with zero attached hydrogens (tertiary/aromatic N) is 2. The summed E-state index contributed by atoms with van der Waals surface area (Å²) < 4.78 is 5.81. The van der Waals surface area contributed by atoms with Crippen LogP contribution in [0.1, 0.15) is 41.2 Å². The Hall–Kier alpha value is -2.64. The molecule has 23 heavy (non-hydrogen) atoms. The molecule has 126 valence electrons. The minimum atomic E-state index is -0.441. The van der Waals surface area contributed by atoms with E-state index in [1.54, 1.807) is 13.1 Å². The third-order valence-electron chi connectivity index (χ3n) is 2.82. The maximum atomic E-state index is 12.1. The van der Waals surface area contributed by atoms with Gasteiger partial charge in [0.25, 0.3) is 11.8 Å². The molecular formula is C15H22N4O4. The van der Waals surface area contributed by atoms with Crippen LogP contribution in [0.3, 0.4) is 0 Å². The van der Waals surface area contributed by atoms with E-state index in [0.717, 1.165) is 0 Å². The second kappa shape index (κ2) is 8.72. The van der Waals surface area contributed by atoms with Crippen molar-refractivity contribution in [2.45, 2.75) is 26.3 Å². The number of aryl methyl sites for hydroxylation is 1. The minimum absolute atomic E-state index is 0.0108. The molecule has 0 bridgehead atoms. The summed E-state index contributed by atoms with van der Waals surface area (Å²) in [5.74, 6) is -1.10. The zero-order valence-electron chi connectivity index (χ0n) is 13.8. The molecule has 1 heterocycles. The first-order chi connectivity index (χ1) is 10.8. The van der Waals surface area contributed by atoms with Crippen molar-refractivity contribution in [2.24, 2.45) is 7.05 Å². The lowest BCUT2D eigenvalue weighted by Crippen LogP contribution is -2.30. The van der Waals surface area contributed by atoms with Crippen molar-refractivity contribution < 1.29 is 19.1 Å². The summed E-state index contributed by atoms with van der Waals surface area (Å²) in [5.41, 5.74) is 0.479. The molecule has 0 unspecified atom stereocenters. The van der Waals surface area contributed by atoms with Gasteiger partial charge in [-0.1, -0.05) is 6.08 Å². The van der Waals surface area contributed by atoms with Gasteiger partial charge in [-0.15, -0.1) is 0 Å². The molecule has 0 fully saturated rings. The summed E-state index contributed by atoms with van der Waals surface area (Å²) in [6, 6.07) is 1.43. The number of carbonyl (C=O) groups excluding carboxylic acids is 3. The molecule has 1 rings (SSSR count). The summed E-state index contributed by atoms with van der Waals surface area (Å²) in [6.07, 6.45) is 3.39. The number of esters is 1. The average molecular weight is 322 g/mol. The minimum Gasteiger partial charge on any atom is -0.466 e. The molecule has 0 aliphatic heterocycles. The monoisotopic (exact) mass is 322 g/mol. The molecular weight excluding hydrogens is 300 g/mol. The normalized spacial score (nSPS) is 10.8. The van der Waals surface area contributed by atoms with Crippen LogP contribution in [0.2, 0.25) is 0 Å². The van der Waals surface area contributed by atoms with Crippen LogP contribution in [0, 0.1) is 0 Å². The lowest BCUT2D eigenvalue weighted by molar-refractivity contribution is -0.134. The van der Waals surface area contributed by atoms with E-state index >= 15 is 0 Å². The number of aromatic nitrogens is 2. The third-order valence-corrected chi connectivity index (χ3v) is 2.82. The van der Waals surface area contributed by atoms with Crippen LogP contribution in [0.5, 0.6) is 0 Å². The fourth-order valence-corrected chi connectivity index (χ4v) is 1.73. The van der Waals surface area contributed by atoms with Crippen LogP contribution in [0.25, 0.3) is 0 Å². The fraction of sp³-hybridized carbons (Fsp3) is 0.467. The molecule has 8 heteroatoms. The number of ether oxygens (including phenoxy) is 1. The SMILES string of the molecule is COC(=O)/C=C/CCNC(=O)c1cc(C(=O)NC(C)C)nn1C. The fourth-order valence-electron chi connectivity index (χ4n) is 1.73. The Bertz CT molecular complexity index is 605. The van der Waals surface area contributed by atoms with Crippen LogP contribution in [-0.2, 0) is 16.6 Å². The first-order valence-electron chi connectivity index (χ1n) is 7.22. The van der Waals surface area contributed by atoms with E-state index in [4.69, 9.17) is 0 Å². The van der Waals surface area contributed by atoms with Gasteiger partial charge < -0.3 is 15.4 Å². The lowest BCUT2D eigenvalue weighted by atomic mass is 10.3. The Morgan fingerprint density at radius 2 is 2.04 bits per heavy atom. The van der Waals surface area contributed by atoms with Crippen LogP contribution in [0.4, 0.5) is 0 Å². The number of carbonyl (C=O) groups is 3. The highest BCUT2D eigenvalue weighted by atomic mass is 16.5.